The van der Waals surface area contributed by atoms with Crippen LogP contribution in [-0.4, -0.2) is 35.2 Å². The van der Waals surface area contributed by atoms with Gasteiger partial charge in [0.25, 0.3) is 0 Å². The van der Waals surface area contributed by atoms with Crippen LogP contribution in [0.4, 0.5) is 0 Å². The Hall–Kier alpha value is -3.61. The molecule has 1 unspecified atom stereocenters. The SMILES string of the molecule is COc1ccc(C(C)NC(=O)CCCOc2ccc(C(C)=O)cc2)cc1Cn1cccn1. The smallest absolute Gasteiger partial charge is 0.220 e. The molecule has 1 heterocycles. The van der Waals surface area contributed by atoms with Crippen LogP contribution in [0.5, 0.6) is 11.5 Å². The van der Waals surface area contributed by atoms with Crippen molar-refractivity contribution in [1.82, 2.24) is 15.1 Å². The van der Waals surface area contributed by atoms with E-state index in [0.29, 0.717) is 37.3 Å². The average Bonchev–Trinajstić information content (AvgIpc) is 3.30. The molecule has 32 heavy (non-hydrogen) atoms. The van der Waals surface area contributed by atoms with Crippen molar-refractivity contribution in [3.05, 3.63) is 77.6 Å². The number of hydrogen-bond donors (Lipinski definition) is 1. The number of Topliss-reactive ketones (excluding diaryl/α,β-unsaturated/α-hetero) is 1. The Kier molecular flexibility index (Phi) is 8.02. The molecule has 3 rings (SSSR count). The van der Waals surface area contributed by atoms with Crippen molar-refractivity contribution in [1.29, 1.82) is 0 Å². The Morgan fingerprint density at radius 3 is 2.59 bits per heavy atom. The zero-order valence-corrected chi connectivity index (χ0v) is 18.7. The fraction of sp³-hybridized carbons (Fsp3) is 0.320. The summed E-state index contributed by atoms with van der Waals surface area (Å²) in [6.45, 7) is 4.51. The van der Waals surface area contributed by atoms with Gasteiger partial charge in [0.1, 0.15) is 11.5 Å². The molecule has 2 aromatic carbocycles. The first-order chi connectivity index (χ1) is 15.5. The first kappa shape index (κ1) is 23.1. The Balaban J connectivity index is 1.48. The molecule has 0 saturated carbocycles. The van der Waals surface area contributed by atoms with E-state index in [-0.39, 0.29) is 17.7 Å². The Labute approximate surface area is 188 Å². The summed E-state index contributed by atoms with van der Waals surface area (Å²) in [5, 5.41) is 7.29. The Morgan fingerprint density at radius 2 is 1.94 bits per heavy atom. The molecule has 168 valence electrons. The molecule has 1 amide bonds. The molecular formula is C25H29N3O4. The number of nitrogens with zero attached hydrogens (tertiary/aromatic N) is 2. The lowest BCUT2D eigenvalue weighted by atomic mass is 10.0. The van der Waals surface area contributed by atoms with Gasteiger partial charge in [0.2, 0.25) is 5.91 Å². The predicted molar refractivity (Wildman–Crippen MR) is 122 cm³/mol. The van der Waals surface area contributed by atoms with Crippen molar-refractivity contribution in [2.24, 2.45) is 0 Å². The van der Waals surface area contributed by atoms with E-state index in [4.69, 9.17) is 9.47 Å². The van der Waals surface area contributed by atoms with Crippen molar-refractivity contribution in [3.8, 4) is 11.5 Å². The number of amides is 1. The maximum atomic E-state index is 12.4. The van der Waals surface area contributed by atoms with Gasteiger partial charge in [-0.2, -0.15) is 5.10 Å². The second-order valence-corrected chi connectivity index (χ2v) is 7.60. The molecule has 0 bridgehead atoms. The summed E-state index contributed by atoms with van der Waals surface area (Å²) in [7, 11) is 1.65. The second-order valence-electron chi connectivity index (χ2n) is 7.60. The highest BCUT2D eigenvalue weighted by atomic mass is 16.5. The van der Waals surface area contributed by atoms with E-state index in [9.17, 15) is 9.59 Å². The van der Waals surface area contributed by atoms with E-state index in [0.717, 1.165) is 16.9 Å². The topological polar surface area (TPSA) is 82.5 Å². The largest absolute Gasteiger partial charge is 0.496 e. The lowest BCUT2D eigenvalue weighted by molar-refractivity contribution is -0.121. The van der Waals surface area contributed by atoms with Gasteiger partial charge in [0.05, 0.1) is 26.3 Å². The minimum atomic E-state index is -0.134. The molecule has 0 aliphatic carbocycles. The summed E-state index contributed by atoms with van der Waals surface area (Å²) in [5.74, 6) is 1.47. The van der Waals surface area contributed by atoms with Gasteiger partial charge < -0.3 is 14.8 Å². The van der Waals surface area contributed by atoms with Gasteiger partial charge in [-0.1, -0.05) is 6.07 Å². The number of ether oxygens (including phenoxy) is 2. The lowest BCUT2D eigenvalue weighted by Gasteiger charge is -2.17. The zero-order valence-electron chi connectivity index (χ0n) is 18.7. The third-order valence-electron chi connectivity index (χ3n) is 5.15. The molecule has 7 heteroatoms. The van der Waals surface area contributed by atoms with Crippen LogP contribution in [0.25, 0.3) is 0 Å². The van der Waals surface area contributed by atoms with Crippen LogP contribution in [-0.2, 0) is 11.3 Å². The zero-order chi connectivity index (χ0) is 22.9. The van der Waals surface area contributed by atoms with Crippen molar-refractivity contribution in [2.75, 3.05) is 13.7 Å². The van der Waals surface area contributed by atoms with E-state index in [1.165, 1.54) is 6.92 Å². The average molecular weight is 436 g/mol. The molecular weight excluding hydrogens is 406 g/mol. The highest BCUT2D eigenvalue weighted by molar-refractivity contribution is 5.94. The van der Waals surface area contributed by atoms with Crippen LogP contribution in [0.1, 0.15) is 54.2 Å². The maximum Gasteiger partial charge on any atom is 0.220 e. The van der Waals surface area contributed by atoms with Crippen LogP contribution in [0.3, 0.4) is 0 Å². The predicted octanol–water partition coefficient (Wildman–Crippen LogP) is 4.18. The fourth-order valence-electron chi connectivity index (χ4n) is 3.37. The number of aromatic nitrogens is 2. The van der Waals surface area contributed by atoms with Crippen LogP contribution >= 0.6 is 0 Å². The standard InChI is InChI=1S/C25H29N3O4/c1-18(21-9-12-24(31-3)22(16-21)17-28-14-5-13-26-28)27-25(30)6-4-15-32-23-10-7-20(8-11-23)19(2)29/h5,7-14,16,18H,4,6,15,17H2,1-3H3,(H,27,30). The van der Waals surface area contributed by atoms with Crippen LogP contribution in [0, 0.1) is 0 Å². The number of nitrogens with one attached hydrogen (secondary N) is 1. The van der Waals surface area contributed by atoms with Gasteiger partial charge in [-0.25, -0.2) is 0 Å². The summed E-state index contributed by atoms with van der Waals surface area (Å²) >= 11 is 0. The quantitative estimate of drug-likeness (QED) is 0.361. The number of rotatable bonds is 11. The van der Waals surface area contributed by atoms with Crippen molar-refractivity contribution in [3.63, 3.8) is 0 Å². The summed E-state index contributed by atoms with van der Waals surface area (Å²) in [5.41, 5.74) is 2.65. The van der Waals surface area contributed by atoms with Gasteiger partial charge in [-0.15, -0.1) is 0 Å². The number of ketones is 1. The maximum absolute atomic E-state index is 12.4. The molecule has 7 nitrogen and oxygen atoms in total. The van der Waals surface area contributed by atoms with Crippen LogP contribution in [0.15, 0.2) is 60.9 Å². The lowest BCUT2D eigenvalue weighted by Crippen LogP contribution is -2.26. The van der Waals surface area contributed by atoms with Crippen molar-refractivity contribution < 1.29 is 19.1 Å². The fourth-order valence-corrected chi connectivity index (χ4v) is 3.37. The Bertz CT molecular complexity index is 1030. The van der Waals surface area contributed by atoms with E-state index in [1.54, 1.807) is 37.6 Å². The highest BCUT2D eigenvalue weighted by Gasteiger charge is 2.13. The number of hydrogen-bond acceptors (Lipinski definition) is 5. The minimum absolute atomic E-state index is 0.0210. The second kappa shape index (κ2) is 11.1. The molecule has 1 N–H and O–H groups in total. The van der Waals surface area contributed by atoms with Gasteiger partial charge in [-0.3, -0.25) is 14.3 Å². The van der Waals surface area contributed by atoms with Crippen LogP contribution < -0.4 is 14.8 Å². The summed E-state index contributed by atoms with van der Waals surface area (Å²) in [4.78, 5) is 23.7. The minimum Gasteiger partial charge on any atom is -0.496 e. The van der Waals surface area contributed by atoms with Crippen molar-refractivity contribution in [2.45, 2.75) is 39.3 Å². The normalized spacial score (nSPS) is 11.6. The molecule has 0 radical (unpaired) electrons. The molecule has 0 spiro atoms. The Morgan fingerprint density at radius 1 is 1.16 bits per heavy atom. The molecule has 1 aromatic heterocycles. The highest BCUT2D eigenvalue weighted by Crippen LogP contribution is 2.24. The monoisotopic (exact) mass is 435 g/mol. The van der Waals surface area contributed by atoms with E-state index in [1.807, 2.05) is 42.1 Å². The van der Waals surface area contributed by atoms with Gasteiger partial charge in [0.15, 0.2) is 5.78 Å². The van der Waals surface area contributed by atoms with Crippen LogP contribution in [0.2, 0.25) is 0 Å². The number of methoxy groups -OCH3 is 1. The molecule has 0 aliphatic heterocycles. The number of carbonyl (C=O) groups excluding carboxylic acids is 2. The first-order valence-electron chi connectivity index (χ1n) is 10.6. The van der Waals surface area contributed by atoms with Crippen molar-refractivity contribution >= 4 is 11.7 Å². The molecule has 1 atom stereocenters. The summed E-state index contributed by atoms with van der Waals surface area (Å²) < 4.78 is 13.0. The molecule has 0 saturated heterocycles. The molecule has 0 fully saturated rings. The number of carbonyl (C=O) groups is 2. The summed E-state index contributed by atoms with van der Waals surface area (Å²) in [6, 6.07) is 14.7. The van der Waals surface area contributed by atoms with E-state index in [2.05, 4.69) is 10.4 Å². The summed E-state index contributed by atoms with van der Waals surface area (Å²) in [6.07, 6.45) is 4.60. The van der Waals surface area contributed by atoms with E-state index >= 15 is 0 Å². The van der Waals surface area contributed by atoms with E-state index < -0.39 is 0 Å². The number of benzene rings is 2. The van der Waals surface area contributed by atoms with Gasteiger partial charge >= 0.3 is 0 Å². The van der Waals surface area contributed by atoms with Gasteiger partial charge in [-0.05, 0) is 68.3 Å². The molecule has 0 aliphatic rings. The third-order valence-corrected chi connectivity index (χ3v) is 5.15. The van der Waals surface area contributed by atoms with Gasteiger partial charge in [0, 0.05) is 29.9 Å². The molecule has 3 aromatic rings. The first-order valence-corrected chi connectivity index (χ1v) is 10.6. The third kappa shape index (κ3) is 6.44.